The number of anilines is 1. The number of fused-ring (bicyclic) bond motifs is 3. The highest BCUT2D eigenvalue weighted by Crippen LogP contribution is 2.40. The third kappa shape index (κ3) is 4.83. The number of allylic oxidation sites excluding steroid dienone is 3. The first-order chi connectivity index (χ1) is 21.2. The van der Waals surface area contributed by atoms with Gasteiger partial charge in [-0.05, 0) is 58.1 Å². The van der Waals surface area contributed by atoms with E-state index in [1.54, 1.807) is 0 Å². The van der Waals surface area contributed by atoms with E-state index in [9.17, 15) is 0 Å². The second-order valence-electron chi connectivity index (χ2n) is 10.8. The summed E-state index contributed by atoms with van der Waals surface area (Å²) in [7, 11) is 0. The Labute approximate surface area is 252 Å². The fraction of sp³-hybridized carbons (Fsp3) is 0.0244. The molecule has 0 bridgehead atoms. The Balaban J connectivity index is 1.44. The van der Waals surface area contributed by atoms with Gasteiger partial charge < -0.3 is 10.3 Å². The summed E-state index contributed by atoms with van der Waals surface area (Å²) in [6.45, 7) is 3.96. The molecule has 0 radical (unpaired) electrons. The predicted molar refractivity (Wildman–Crippen MR) is 184 cm³/mol. The second kappa shape index (κ2) is 11.3. The van der Waals surface area contributed by atoms with E-state index < -0.39 is 0 Å². The smallest absolute Gasteiger partial charge is 0.0541 e. The fourth-order valence-corrected chi connectivity index (χ4v) is 6.23. The monoisotopic (exact) mass is 552 g/mol. The highest BCUT2D eigenvalue weighted by Gasteiger charge is 2.20. The van der Waals surface area contributed by atoms with E-state index in [0.29, 0.717) is 0 Å². The molecule has 0 aliphatic carbocycles. The summed E-state index contributed by atoms with van der Waals surface area (Å²) in [5.41, 5.74) is 17.8. The van der Waals surface area contributed by atoms with Crippen LogP contribution in [-0.4, -0.2) is 4.57 Å². The molecule has 1 heterocycles. The molecule has 0 spiro atoms. The summed E-state index contributed by atoms with van der Waals surface area (Å²) in [5.74, 6) is 0.00429. The zero-order chi connectivity index (χ0) is 29.2. The van der Waals surface area contributed by atoms with Gasteiger partial charge >= 0.3 is 0 Å². The largest absolute Gasteiger partial charge is 0.398 e. The molecule has 0 amide bonds. The number of rotatable bonds is 7. The zero-order valence-corrected chi connectivity index (χ0v) is 23.9. The van der Waals surface area contributed by atoms with Crippen molar-refractivity contribution in [1.82, 2.24) is 4.57 Å². The molecule has 1 aromatic heterocycles. The normalized spacial score (nSPS) is 12.2. The van der Waals surface area contributed by atoms with Crippen LogP contribution in [0.5, 0.6) is 0 Å². The van der Waals surface area contributed by atoms with Crippen LogP contribution >= 0.6 is 0 Å². The topological polar surface area (TPSA) is 30.9 Å². The van der Waals surface area contributed by atoms with Gasteiger partial charge in [-0.1, -0.05) is 140 Å². The van der Waals surface area contributed by atoms with E-state index in [0.717, 1.165) is 22.5 Å². The summed E-state index contributed by atoms with van der Waals surface area (Å²) in [5, 5.41) is 2.49. The molecule has 0 aliphatic rings. The third-order valence-corrected chi connectivity index (χ3v) is 8.28. The lowest BCUT2D eigenvalue weighted by Crippen LogP contribution is -2.04. The lowest BCUT2D eigenvalue weighted by Gasteiger charge is -2.21. The molecule has 7 aromatic rings. The maximum Gasteiger partial charge on any atom is 0.0541 e. The molecule has 0 saturated carbocycles. The molecule has 43 heavy (non-hydrogen) atoms. The van der Waals surface area contributed by atoms with Crippen molar-refractivity contribution >= 4 is 27.5 Å². The van der Waals surface area contributed by atoms with Crippen LogP contribution in [-0.2, 0) is 0 Å². The number of hydrogen-bond donors (Lipinski definition) is 1. The van der Waals surface area contributed by atoms with Gasteiger partial charge in [0.25, 0.3) is 0 Å². The zero-order valence-electron chi connectivity index (χ0n) is 23.9. The summed E-state index contributed by atoms with van der Waals surface area (Å²) < 4.78 is 2.36. The molecule has 206 valence electrons. The molecule has 2 heteroatoms. The number of nitrogen functional groups attached to an aromatic ring is 1. The van der Waals surface area contributed by atoms with Crippen molar-refractivity contribution < 1.29 is 0 Å². The highest BCUT2D eigenvalue weighted by atomic mass is 15.0. The Morgan fingerprint density at radius 2 is 1.19 bits per heavy atom. The van der Waals surface area contributed by atoms with Crippen molar-refractivity contribution in [2.45, 2.75) is 5.92 Å². The minimum absolute atomic E-state index is 0.00429. The SMILES string of the molecule is C=C/C=C\C(c1ccc(-c2ccccc2)cc1)c1ccc(-n2c3ccccc3c3ccccc32)cc1-c1ccccc1N. The van der Waals surface area contributed by atoms with Crippen molar-refractivity contribution in [3.05, 3.63) is 182 Å². The maximum absolute atomic E-state index is 6.65. The molecule has 1 unspecified atom stereocenters. The molecule has 1 atom stereocenters. The predicted octanol–water partition coefficient (Wildman–Crippen LogP) is 10.6. The maximum atomic E-state index is 6.65. The van der Waals surface area contributed by atoms with Crippen molar-refractivity contribution in [3.63, 3.8) is 0 Å². The van der Waals surface area contributed by atoms with Crippen LogP contribution in [0.25, 0.3) is 49.7 Å². The molecule has 0 saturated heterocycles. The number of aromatic nitrogens is 1. The van der Waals surface area contributed by atoms with Crippen LogP contribution in [0.1, 0.15) is 17.0 Å². The number of para-hydroxylation sites is 3. The van der Waals surface area contributed by atoms with Crippen LogP contribution in [0.3, 0.4) is 0 Å². The summed E-state index contributed by atoms with van der Waals surface area (Å²) >= 11 is 0. The van der Waals surface area contributed by atoms with Crippen molar-refractivity contribution in [1.29, 1.82) is 0 Å². The van der Waals surface area contributed by atoms with Crippen LogP contribution in [0, 0.1) is 0 Å². The van der Waals surface area contributed by atoms with Crippen LogP contribution < -0.4 is 5.73 Å². The number of benzene rings is 6. The van der Waals surface area contributed by atoms with Gasteiger partial charge in [0.2, 0.25) is 0 Å². The van der Waals surface area contributed by atoms with Gasteiger partial charge in [-0.3, -0.25) is 0 Å². The second-order valence-corrected chi connectivity index (χ2v) is 10.8. The van der Waals surface area contributed by atoms with E-state index >= 15 is 0 Å². The van der Waals surface area contributed by atoms with E-state index in [1.165, 1.54) is 44.1 Å². The van der Waals surface area contributed by atoms with Gasteiger partial charge in [-0.25, -0.2) is 0 Å². The van der Waals surface area contributed by atoms with Gasteiger partial charge in [0, 0.05) is 33.6 Å². The van der Waals surface area contributed by atoms with E-state index in [4.69, 9.17) is 5.73 Å². The summed E-state index contributed by atoms with van der Waals surface area (Å²) in [6, 6.07) is 51.6. The van der Waals surface area contributed by atoms with Crippen molar-refractivity contribution in [3.8, 4) is 27.9 Å². The molecule has 2 N–H and O–H groups in total. The van der Waals surface area contributed by atoms with Crippen LogP contribution in [0.15, 0.2) is 170 Å². The molecular weight excluding hydrogens is 520 g/mol. The molecule has 7 rings (SSSR count). The number of hydrogen-bond acceptors (Lipinski definition) is 1. The Morgan fingerprint density at radius 1 is 0.581 bits per heavy atom. The molecule has 2 nitrogen and oxygen atoms in total. The minimum atomic E-state index is 0.00429. The van der Waals surface area contributed by atoms with Crippen LogP contribution in [0.2, 0.25) is 0 Å². The van der Waals surface area contributed by atoms with E-state index in [-0.39, 0.29) is 5.92 Å². The average Bonchev–Trinajstić information content (AvgIpc) is 3.40. The van der Waals surface area contributed by atoms with E-state index in [2.05, 4.69) is 145 Å². The standard InChI is InChI=1S/C41H32N2/c1-2-3-15-33(31-24-22-30(23-25-31)29-13-5-4-6-14-29)34-27-26-32(28-38(34)35-16-7-10-19-39(35)42)43-40-20-11-8-17-36(40)37-18-9-12-21-41(37)43/h2-28,33H,1,42H2/b15-3-. The van der Waals surface area contributed by atoms with Gasteiger partial charge in [0.15, 0.2) is 0 Å². The Kier molecular flexibility index (Phi) is 6.94. The summed E-state index contributed by atoms with van der Waals surface area (Å²) in [4.78, 5) is 0. The van der Waals surface area contributed by atoms with Crippen molar-refractivity contribution in [2.24, 2.45) is 0 Å². The lowest BCUT2D eigenvalue weighted by molar-refractivity contribution is 1.02. The average molecular weight is 553 g/mol. The number of nitrogens with two attached hydrogens (primary N) is 1. The fourth-order valence-electron chi connectivity index (χ4n) is 6.23. The molecule has 0 aliphatic heterocycles. The molecular formula is C41H32N2. The van der Waals surface area contributed by atoms with Gasteiger partial charge in [-0.2, -0.15) is 0 Å². The third-order valence-electron chi connectivity index (χ3n) is 8.28. The summed E-state index contributed by atoms with van der Waals surface area (Å²) in [6.07, 6.45) is 6.10. The van der Waals surface area contributed by atoms with Gasteiger partial charge in [0.05, 0.1) is 11.0 Å². The Hall–Kier alpha value is -5.60. The van der Waals surface area contributed by atoms with Gasteiger partial charge in [0.1, 0.15) is 0 Å². The first-order valence-corrected chi connectivity index (χ1v) is 14.6. The van der Waals surface area contributed by atoms with Crippen LogP contribution in [0.4, 0.5) is 5.69 Å². The number of nitrogens with zero attached hydrogens (tertiary/aromatic N) is 1. The minimum Gasteiger partial charge on any atom is -0.398 e. The quantitative estimate of drug-likeness (QED) is 0.155. The lowest BCUT2D eigenvalue weighted by atomic mass is 9.84. The highest BCUT2D eigenvalue weighted by molar-refractivity contribution is 6.09. The van der Waals surface area contributed by atoms with Gasteiger partial charge in [-0.15, -0.1) is 0 Å². The molecule has 0 fully saturated rings. The van der Waals surface area contributed by atoms with E-state index in [1.807, 2.05) is 30.4 Å². The Morgan fingerprint density at radius 3 is 1.86 bits per heavy atom. The molecule has 6 aromatic carbocycles. The first kappa shape index (κ1) is 26.3. The first-order valence-electron chi connectivity index (χ1n) is 14.6. The Bertz CT molecular complexity index is 2040. The van der Waals surface area contributed by atoms with Crippen molar-refractivity contribution in [2.75, 3.05) is 5.73 Å².